The van der Waals surface area contributed by atoms with Gasteiger partial charge in [0.15, 0.2) is 0 Å². The fourth-order valence-corrected chi connectivity index (χ4v) is 7.67. The zero-order valence-corrected chi connectivity index (χ0v) is 30.6. The number of H-pyrrole nitrogens is 1. The normalized spacial score (nSPS) is 18.9. The first-order valence-corrected chi connectivity index (χ1v) is 18.5. The highest BCUT2D eigenvalue weighted by Gasteiger charge is 2.38. The Hall–Kier alpha value is -5.84. The van der Waals surface area contributed by atoms with Gasteiger partial charge in [-0.1, -0.05) is 109 Å². The third-order valence-electron chi connectivity index (χ3n) is 10.6. The molecule has 274 valence electrons. The predicted molar refractivity (Wildman–Crippen MR) is 209 cm³/mol. The van der Waals surface area contributed by atoms with E-state index in [2.05, 4.69) is 53.5 Å². The van der Waals surface area contributed by atoms with Crippen molar-refractivity contribution in [2.75, 3.05) is 34.0 Å². The number of aromatic nitrogens is 2. The van der Waals surface area contributed by atoms with Gasteiger partial charge in [-0.15, -0.1) is 0 Å². The summed E-state index contributed by atoms with van der Waals surface area (Å²) < 4.78 is 11.2. The van der Waals surface area contributed by atoms with Crippen LogP contribution in [0.25, 0.3) is 28.0 Å². The molecule has 0 radical (unpaired) electrons. The highest BCUT2D eigenvalue weighted by Crippen LogP contribution is 2.36. The summed E-state index contributed by atoms with van der Waals surface area (Å²) in [5, 5.41) is 0. The van der Waals surface area contributed by atoms with Gasteiger partial charge >= 0.3 is 6.09 Å². The number of nitrogens with zero attached hydrogens (tertiary/aromatic N) is 5. The van der Waals surface area contributed by atoms with Gasteiger partial charge in [0.25, 0.3) is 0 Å². The van der Waals surface area contributed by atoms with Crippen LogP contribution in [-0.4, -0.2) is 82.4 Å². The van der Waals surface area contributed by atoms with Crippen LogP contribution in [0, 0.1) is 0 Å². The van der Waals surface area contributed by atoms with Crippen LogP contribution in [-0.2, 0) is 20.9 Å². The maximum absolute atomic E-state index is 13.9. The number of nitrogens with one attached hydrogen (secondary N) is 1. The number of likely N-dealkylation sites (N-methyl/N-ethyl adjacent to an activating group) is 1. The molecular weight excluding hydrogens is 677 g/mol. The number of benzene rings is 4. The van der Waals surface area contributed by atoms with Crippen molar-refractivity contribution >= 4 is 23.3 Å². The van der Waals surface area contributed by atoms with Gasteiger partial charge in [0.2, 0.25) is 5.91 Å². The zero-order chi connectivity index (χ0) is 37.0. The van der Waals surface area contributed by atoms with Crippen LogP contribution in [0.5, 0.6) is 0 Å². The molecule has 8 rings (SSSR count). The lowest BCUT2D eigenvalue weighted by atomic mass is 9.97. The molecule has 0 saturated carbocycles. The molecule has 10 nitrogen and oxygen atoms in total. The molecule has 3 aliphatic rings. The van der Waals surface area contributed by atoms with Gasteiger partial charge in [0.1, 0.15) is 25.2 Å². The zero-order valence-electron chi connectivity index (χ0n) is 30.6. The Bertz CT molecular complexity index is 2140. The molecule has 54 heavy (non-hydrogen) atoms. The monoisotopic (exact) mass is 720 g/mol. The van der Waals surface area contributed by atoms with E-state index in [1.807, 2.05) is 97.0 Å². The van der Waals surface area contributed by atoms with Crippen LogP contribution in [0.1, 0.15) is 53.9 Å². The number of carbonyl (C=O) groups is 2. The van der Waals surface area contributed by atoms with Crippen LogP contribution >= 0.6 is 0 Å². The number of aliphatic imine (C=N–C) groups is 1. The Kier molecular flexibility index (Phi) is 10.2. The van der Waals surface area contributed by atoms with E-state index in [1.54, 1.807) is 4.90 Å². The summed E-state index contributed by atoms with van der Waals surface area (Å²) in [7, 11) is 3.91. The summed E-state index contributed by atoms with van der Waals surface area (Å²) in [6, 6.07) is 35.9. The Labute approximate surface area is 315 Å². The van der Waals surface area contributed by atoms with Crippen molar-refractivity contribution in [3.8, 4) is 22.4 Å². The predicted octanol–water partition coefficient (Wildman–Crippen LogP) is 7.89. The van der Waals surface area contributed by atoms with Crippen molar-refractivity contribution in [1.29, 1.82) is 0 Å². The molecule has 2 amide bonds. The van der Waals surface area contributed by atoms with Crippen LogP contribution in [0.3, 0.4) is 0 Å². The quantitative estimate of drug-likeness (QED) is 0.158. The van der Waals surface area contributed by atoms with E-state index >= 15 is 0 Å². The summed E-state index contributed by atoms with van der Waals surface area (Å²) in [5.74, 6) is 0.927. The number of allylic oxidation sites excluding steroid dienone is 1. The van der Waals surface area contributed by atoms with E-state index in [-0.39, 0.29) is 37.4 Å². The molecule has 2 fully saturated rings. The Morgan fingerprint density at radius 2 is 1.52 bits per heavy atom. The van der Waals surface area contributed by atoms with Crippen molar-refractivity contribution < 1.29 is 19.1 Å². The van der Waals surface area contributed by atoms with E-state index in [0.717, 1.165) is 75.6 Å². The molecule has 0 spiro atoms. The summed E-state index contributed by atoms with van der Waals surface area (Å²) in [6.07, 6.45) is 5.84. The van der Waals surface area contributed by atoms with Gasteiger partial charge in [0.05, 0.1) is 30.6 Å². The number of hydrogen-bond donors (Lipinski definition) is 1. The van der Waals surface area contributed by atoms with Crippen molar-refractivity contribution in [2.45, 2.75) is 44.0 Å². The topological polar surface area (TPSA) is 103 Å². The number of aromatic amines is 1. The maximum atomic E-state index is 13.9. The van der Waals surface area contributed by atoms with Crippen LogP contribution < -0.4 is 0 Å². The fourth-order valence-electron chi connectivity index (χ4n) is 7.67. The van der Waals surface area contributed by atoms with Gasteiger partial charge in [-0.3, -0.25) is 19.6 Å². The molecule has 2 saturated heterocycles. The van der Waals surface area contributed by atoms with Crippen LogP contribution in [0.4, 0.5) is 4.79 Å². The average molecular weight is 721 g/mol. The molecule has 4 heterocycles. The second kappa shape index (κ2) is 15.6. The van der Waals surface area contributed by atoms with Crippen LogP contribution in [0.2, 0.25) is 0 Å². The largest absolute Gasteiger partial charge is 0.444 e. The molecule has 0 unspecified atom stereocenters. The second-order valence-corrected chi connectivity index (χ2v) is 14.3. The SMILES string of the molecule is CN(C)[C@@H](C(=O)N1CCC[C@H]1c1ncc(-c2ccc(-c3ccc(C4=CN=C([C@@H]5COCN5C(=O)OCc5ccccc5)C4)cc3)cc2)[nH]1)c1ccccc1. The maximum Gasteiger partial charge on any atom is 0.412 e. The number of ether oxygens (including phenoxy) is 2. The molecule has 1 N–H and O–H groups in total. The standard InChI is InChI=1S/C44H44N6O4/c1-48(2)41(35-12-7-4-8-13-35)43(51)49-23-9-14-39(49)42-46-26-38(47-42)34-21-19-32(20-22-34)31-15-17-33(18-16-31)36-24-37(45-25-36)40-28-53-29-50(40)44(52)54-27-30-10-5-3-6-11-30/h3-8,10-13,15-22,25-26,39-41H,9,14,23-24,27-29H2,1-2H3,(H,46,47)/t39-,40-,41+/m0/s1. The first-order valence-electron chi connectivity index (χ1n) is 18.5. The Morgan fingerprint density at radius 3 is 2.22 bits per heavy atom. The number of hydrogen-bond acceptors (Lipinski definition) is 7. The van der Waals surface area contributed by atoms with Gasteiger partial charge in [-0.25, -0.2) is 9.78 Å². The van der Waals surface area contributed by atoms with E-state index < -0.39 is 6.09 Å². The molecule has 3 atom stereocenters. The van der Waals surface area contributed by atoms with Crippen molar-refractivity contribution in [3.63, 3.8) is 0 Å². The molecule has 5 aromatic rings. The molecular formula is C44H44N6O4. The van der Waals surface area contributed by atoms with Crippen molar-refractivity contribution in [2.24, 2.45) is 4.99 Å². The van der Waals surface area contributed by atoms with Gasteiger partial charge in [-0.2, -0.15) is 0 Å². The molecule has 10 heteroatoms. The average Bonchev–Trinajstić information content (AvgIpc) is 4.05. The second-order valence-electron chi connectivity index (χ2n) is 14.3. The lowest BCUT2D eigenvalue weighted by Crippen LogP contribution is -2.41. The third-order valence-corrected chi connectivity index (χ3v) is 10.6. The molecule has 4 aromatic carbocycles. The minimum Gasteiger partial charge on any atom is -0.444 e. The lowest BCUT2D eigenvalue weighted by molar-refractivity contribution is -0.137. The van der Waals surface area contributed by atoms with E-state index in [9.17, 15) is 9.59 Å². The molecule has 3 aliphatic heterocycles. The molecule has 0 bridgehead atoms. The Morgan fingerprint density at radius 1 is 0.852 bits per heavy atom. The Balaban J connectivity index is 0.881. The number of amides is 2. The third kappa shape index (κ3) is 7.35. The first-order chi connectivity index (χ1) is 26.4. The highest BCUT2D eigenvalue weighted by atomic mass is 16.6. The van der Waals surface area contributed by atoms with E-state index in [4.69, 9.17) is 19.5 Å². The number of carbonyl (C=O) groups excluding carboxylic acids is 2. The minimum absolute atomic E-state index is 0.0847. The van der Waals surface area contributed by atoms with E-state index in [1.165, 1.54) is 0 Å². The minimum atomic E-state index is -0.398. The first kappa shape index (κ1) is 35.2. The number of likely N-dealkylation sites (tertiary alicyclic amines) is 1. The number of imidazole rings is 1. The van der Waals surface area contributed by atoms with E-state index in [0.29, 0.717) is 13.0 Å². The fraction of sp³-hybridized carbons (Fsp3) is 0.273. The lowest BCUT2D eigenvalue weighted by Gasteiger charge is -2.31. The van der Waals surface area contributed by atoms with Gasteiger partial charge < -0.3 is 19.4 Å². The van der Waals surface area contributed by atoms with Gasteiger partial charge in [0, 0.05) is 24.9 Å². The molecule has 1 aromatic heterocycles. The van der Waals surface area contributed by atoms with Crippen molar-refractivity contribution in [1.82, 2.24) is 24.7 Å². The number of rotatable bonds is 10. The van der Waals surface area contributed by atoms with Gasteiger partial charge in [-0.05, 0) is 65.9 Å². The summed E-state index contributed by atoms with van der Waals surface area (Å²) in [6.45, 7) is 1.53. The van der Waals surface area contributed by atoms with Crippen LogP contribution in [0.15, 0.2) is 127 Å². The highest BCUT2D eigenvalue weighted by molar-refractivity contribution is 6.03. The summed E-state index contributed by atoms with van der Waals surface area (Å²) in [4.78, 5) is 45.4. The smallest absolute Gasteiger partial charge is 0.412 e. The summed E-state index contributed by atoms with van der Waals surface area (Å²) in [5.41, 5.74) is 9.22. The van der Waals surface area contributed by atoms with Crippen molar-refractivity contribution in [3.05, 3.63) is 144 Å². The summed E-state index contributed by atoms with van der Waals surface area (Å²) >= 11 is 0. The molecule has 0 aliphatic carbocycles.